The van der Waals surface area contributed by atoms with E-state index in [1.807, 2.05) is 0 Å². The van der Waals surface area contributed by atoms with E-state index in [0.29, 0.717) is 5.54 Å². The van der Waals surface area contributed by atoms with Crippen LogP contribution in [-0.2, 0) is 6.54 Å². The predicted octanol–water partition coefficient (Wildman–Crippen LogP) is 3.79. The summed E-state index contributed by atoms with van der Waals surface area (Å²) in [7, 11) is 0. The van der Waals surface area contributed by atoms with Crippen LogP contribution in [0.3, 0.4) is 0 Å². The first-order valence-corrected chi connectivity index (χ1v) is 8.82. The van der Waals surface area contributed by atoms with Gasteiger partial charge in [-0.3, -0.25) is 4.90 Å². The van der Waals surface area contributed by atoms with E-state index in [1.165, 1.54) is 41.4 Å². The topological polar surface area (TPSA) is 15.3 Å². The summed E-state index contributed by atoms with van der Waals surface area (Å²) in [5.41, 5.74) is 2.09. The van der Waals surface area contributed by atoms with Crippen molar-refractivity contribution in [2.24, 2.45) is 0 Å². The lowest BCUT2D eigenvalue weighted by molar-refractivity contribution is 0.0217. The van der Waals surface area contributed by atoms with Crippen molar-refractivity contribution < 1.29 is 0 Å². The summed E-state index contributed by atoms with van der Waals surface area (Å²) < 4.78 is 1.32. The minimum Gasteiger partial charge on any atom is -0.308 e. The lowest BCUT2D eigenvalue weighted by Gasteiger charge is -2.51. The van der Waals surface area contributed by atoms with Crippen molar-refractivity contribution in [2.45, 2.75) is 57.2 Å². The molecule has 0 aromatic heterocycles. The van der Waals surface area contributed by atoms with Crippen LogP contribution in [0.15, 0.2) is 24.3 Å². The van der Waals surface area contributed by atoms with Crippen molar-refractivity contribution >= 4 is 22.6 Å². The molecule has 3 rings (SSSR count). The highest BCUT2D eigenvalue weighted by molar-refractivity contribution is 14.1. The molecule has 1 aromatic rings. The maximum atomic E-state index is 3.87. The molecule has 0 atom stereocenters. The van der Waals surface area contributed by atoms with Crippen LogP contribution in [0, 0.1) is 3.57 Å². The van der Waals surface area contributed by atoms with Gasteiger partial charge < -0.3 is 5.32 Å². The zero-order chi connectivity index (χ0) is 14.2. The van der Waals surface area contributed by atoms with Crippen LogP contribution >= 0.6 is 22.6 Å². The van der Waals surface area contributed by atoms with E-state index in [1.54, 1.807) is 0 Å². The van der Waals surface area contributed by atoms with Gasteiger partial charge in [0.1, 0.15) is 0 Å². The largest absolute Gasteiger partial charge is 0.308 e. The monoisotopic (exact) mass is 384 g/mol. The third kappa shape index (κ3) is 3.04. The zero-order valence-electron chi connectivity index (χ0n) is 12.6. The van der Waals surface area contributed by atoms with Gasteiger partial charge in [-0.1, -0.05) is 25.0 Å². The van der Waals surface area contributed by atoms with Gasteiger partial charge in [-0.15, -0.1) is 0 Å². The fourth-order valence-electron chi connectivity index (χ4n) is 3.62. The Balaban J connectivity index is 1.76. The van der Waals surface area contributed by atoms with Crippen molar-refractivity contribution in [1.29, 1.82) is 0 Å². The highest BCUT2D eigenvalue weighted by atomic mass is 127. The van der Waals surface area contributed by atoms with Gasteiger partial charge >= 0.3 is 0 Å². The van der Waals surface area contributed by atoms with Crippen LogP contribution < -0.4 is 5.32 Å². The fourth-order valence-corrected chi connectivity index (χ4v) is 3.98. The second kappa shape index (κ2) is 5.58. The minimum absolute atomic E-state index is 0.247. The smallest absolute Gasteiger partial charge is 0.0309 e. The van der Waals surface area contributed by atoms with Crippen molar-refractivity contribution in [2.75, 3.05) is 13.1 Å². The van der Waals surface area contributed by atoms with E-state index in [9.17, 15) is 0 Å². The summed E-state index contributed by atoms with van der Waals surface area (Å²) in [5, 5.41) is 3.87. The summed E-state index contributed by atoms with van der Waals surface area (Å²) >= 11 is 2.38. The van der Waals surface area contributed by atoms with Crippen molar-refractivity contribution in [1.82, 2.24) is 10.2 Å². The molecule has 1 saturated carbocycles. The first kappa shape index (κ1) is 14.8. The zero-order valence-corrected chi connectivity index (χ0v) is 14.7. The van der Waals surface area contributed by atoms with Gasteiger partial charge in [-0.2, -0.15) is 0 Å². The minimum atomic E-state index is 0.247. The molecular formula is C17H25IN2. The fraction of sp³-hybridized carbons (Fsp3) is 0.647. The molecule has 0 bridgehead atoms. The molecule has 20 heavy (non-hydrogen) atoms. The quantitative estimate of drug-likeness (QED) is 0.781. The standard InChI is InChI=1S/C17H25IN2/c1-16(2)12-19-17(9-3-4-10-17)13-20(16)11-14-5-7-15(18)8-6-14/h5-8,19H,3-4,9-13H2,1-2H3. The molecular weight excluding hydrogens is 359 g/mol. The number of hydrogen-bond donors (Lipinski definition) is 1. The molecule has 1 heterocycles. The molecule has 1 aliphatic carbocycles. The number of rotatable bonds is 2. The van der Waals surface area contributed by atoms with E-state index in [2.05, 4.69) is 70.9 Å². The summed E-state index contributed by atoms with van der Waals surface area (Å²) in [6, 6.07) is 9.00. The molecule has 1 N–H and O–H groups in total. The maximum absolute atomic E-state index is 3.87. The number of hydrogen-bond acceptors (Lipinski definition) is 2. The third-order valence-electron chi connectivity index (χ3n) is 5.09. The molecule has 3 heteroatoms. The second-order valence-corrected chi connectivity index (χ2v) is 8.38. The first-order valence-electron chi connectivity index (χ1n) is 7.74. The molecule has 1 spiro atoms. The number of nitrogens with one attached hydrogen (secondary N) is 1. The second-order valence-electron chi connectivity index (χ2n) is 7.14. The maximum Gasteiger partial charge on any atom is 0.0309 e. The van der Waals surface area contributed by atoms with Gasteiger partial charge in [0, 0.05) is 34.3 Å². The molecule has 0 unspecified atom stereocenters. The van der Waals surface area contributed by atoms with Crippen LogP contribution in [0.4, 0.5) is 0 Å². The van der Waals surface area contributed by atoms with E-state index >= 15 is 0 Å². The van der Waals surface area contributed by atoms with Gasteiger partial charge in [0.15, 0.2) is 0 Å². The summed E-state index contributed by atoms with van der Waals surface area (Å²) in [6.07, 6.45) is 5.49. The predicted molar refractivity (Wildman–Crippen MR) is 92.8 cm³/mol. The normalized spacial score (nSPS) is 25.1. The molecule has 1 aliphatic heterocycles. The average molecular weight is 384 g/mol. The molecule has 0 radical (unpaired) electrons. The number of benzene rings is 1. The molecule has 0 amide bonds. The number of piperazine rings is 1. The SMILES string of the molecule is CC1(C)CNC2(CCCC2)CN1Cc1ccc(I)cc1. The average Bonchev–Trinajstić information content (AvgIpc) is 2.86. The number of nitrogens with zero attached hydrogens (tertiary/aromatic N) is 1. The van der Waals surface area contributed by atoms with Gasteiger partial charge in [-0.25, -0.2) is 0 Å². The van der Waals surface area contributed by atoms with Crippen LogP contribution in [0.1, 0.15) is 45.1 Å². The Morgan fingerprint density at radius 3 is 2.45 bits per heavy atom. The van der Waals surface area contributed by atoms with Crippen LogP contribution in [0.2, 0.25) is 0 Å². The van der Waals surface area contributed by atoms with Gasteiger partial charge in [-0.05, 0) is 67.0 Å². The molecule has 110 valence electrons. The van der Waals surface area contributed by atoms with E-state index < -0.39 is 0 Å². The van der Waals surface area contributed by atoms with Crippen molar-refractivity contribution in [3.63, 3.8) is 0 Å². The third-order valence-corrected chi connectivity index (χ3v) is 5.81. The van der Waals surface area contributed by atoms with E-state index in [0.717, 1.165) is 13.1 Å². The van der Waals surface area contributed by atoms with Gasteiger partial charge in [0.2, 0.25) is 0 Å². The Kier molecular flexibility index (Phi) is 4.13. The van der Waals surface area contributed by atoms with Crippen LogP contribution in [-0.4, -0.2) is 29.1 Å². The Bertz CT molecular complexity index is 460. The Morgan fingerprint density at radius 2 is 1.80 bits per heavy atom. The highest BCUT2D eigenvalue weighted by Gasteiger charge is 2.43. The molecule has 2 aliphatic rings. The van der Waals surface area contributed by atoms with Crippen LogP contribution in [0.25, 0.3) is 0 Å². The Hall–Kier alpha value is -0.130. The molecule has 2 fully saturated rings. The Labute approximate surface area is 136 Å². The summed E-state index contributed by atoms with van der Waals surface area (Å²) in [5.74, 6) is 0. The number of halogens is 1. The first-order chi connectivity index (χ1) is 9.49. The van der Waals surface area contributed by atoms with Crippen molar-refractivity contribution in [3.05, 3.63) is 33.4 Å². The van der Waals surface area contributed by atoms with Gasteiger partial charge in [0.25, 0.3) is 0 Å². The van der Waals surface area contributed by atoms with Crippen molar-refractivity contribution in [3.8, 4) is 0 Å². The van der Waals surface area contributed by atoms with E-state index in [-0.39, 0.29) is 5.54 Å². The highest BCUT2D eigenvalue weighted by Crippen LogP contribution is 2.36. The summed E-state index contributed by atoms with van der Waals surface area (Å²) in [6.45, 7) is 8.12. The molecule has 1 aromatic carbocycles. The van der Waals surface area contributed by atoms with Crippen LogP contribution in [0.5, 0.6) is 0 Å². The molecule has 1 saturated heterocycles. The molecule has 2 nitrogen and oxygen atoms in total. The Morgan fingerprint density at radius 1 is 1.15 bits per heavy atom. The lowest BCUT2D eigenvalue weighted by Crippen LogP contribution is -2.66. The van der Waals surface area contributed by atoms with E-state index in [4.69, 9.17) is 0 Å². The summed E-state index contributed by atoms with van der Waals surface area (Å²) in [4.78, 5) is 2.69. The van der Waals surface area contributed by atoms with Gasteiger partial charge in [0.05, 0.1) is 0 Å². The lowest BCUT2D eigenvalue weighted by atomic mass is 9.87.